The molecule has 0 saturated carbocycles. The van der Waals surface area contributed by atoms with Crippen LogP contribution in [0.5, 0.6) is 0 Å². The summed E-state index contributed by atoms with van der Waals surface area (Å²) in [6.45, 7) is 6.18. The fourth-order valence-electron chi connectivity index (χ4n) is 2.14. The van der Waals surface area contributed by atoms with Crippen LogP contribution in [0.15, 0.2) is 48.5 Å². The van der Waals surface area contributed by atoms with Crippen molar-refractivity contribution in [3.8, 4) is 0 Å². The van der Waals surface area contributed by atoms with Crippen LogP contribution in [0, 0.1) is 6.92 Å². The highest BCUT2D eigenvalue weighted by molar-refractivity contribution is 5.56. The molecule has 0 aliphatic rings. The summed E-state index contributed by atoms with van der Waals surface area (Å²) in [6.07, 6.45) is 0. The first-order valence-corrected chi connectivity index (χ1v) is 6.35. The van der Waals surface area contributed by atoms with E-state index in [1.54, 1.807) is 0 Å². The number of nitrogens with zero attached hydrogens (tertiary/aromatic N) is 1. The molecular formula is C16H20N2. The highest BCUT2D eigenvalue weighted by atomic mass is 15.1. The van der Waals surface area contributed by atoms with Crippen LogP contribution in [-0.2, 0) is 6.54 Å². The minimum absolute atomic E-state index is 0.815. The van der Waals surface area contributed by atoms with Crippen molar-refractivity contribution in [3.63, 3.8) is 0 Å². The molecule has 0 unspecified atom stereocenters. The first-order chi connectivity index (χ1) is 8.69. The number of hydrogen-bond acceptors (Lipinski definition) is 2. The SMILES string of the molecule is CCN(Cc1cccc(C)c1)c1cccc(N)c1. The largest absolute Gasteiger partial charge is 0.399 e. The maximum atomic E-state index is 5.84. The molecule has 0 heterocycles. The standard InChI is InChI=1S/C16H20N2/c1-3-18(16-9-5-8-15(17)11-16)12-14-7-4-6-13(2)10-14/h4-11H,3,12,17H2,1-2H3. The second-order valence-corrected chi connectivity index (χ2v) is 4.60. The van der Waals surface area contributed by atoms with Crippen molar-refractivity contribution in [1.82, 2.24) is 0 Å². The lowest BCUT2D eigenvalue weighted by atomic mass is 10.1. The summed E-state index contributed by atoms with van der Waals surface area (Å²) >= 11 is 0. The third-order valence-corrected chi connectivity index (χ3v) is 3.07. The van der Waals surface area contributed by atoms with Crippen molar-refractivity contribution >= 4 is 11.4 Å². The maximum Gasteiger partial charge on any atom is 0.0429 e. The number of hydrogen-bond donors (Lipinski definition) is 1. The van der Waals surface area contributed by atoms with Gasteiger partial charge >= 0.3 is 0 Å². The fraction of sp³-hybridized carbons (Fsp3) is 0.250. The van der Waals surface area contributed by atoms with Gasteiger partial charge in [-0.25, -0.2) is 0 Å². The summed E-state index contributed by atoms with van der Waals surface area (Å²) < 4.78 is 0. The lowest BCUT2D eigenvalue weighted by Gasteiger charge is -2.23. The summed E-state index contributed by atoms with van der Waals surface area (Å²) in [7, 11) is 0. The molecule has 2 aromatic carbocycles. The van der Waals surface area contributed by atoms with Crippen LogP contribution in [0.3, 0.4) is 0 Å². The summed E-state index contributed by atoms with van der Waals surface area (Å²) in [6, 6.07) is 16.7. The lowest BCUT2D eigenvalue weighted by Crippen LogP contribution is -2.22. The fourth-order valence-corrected chi connectivity index (χ4v) is 2.14. The molecule has 2 N–H and O–H groups in total. The van der Waals surface area contributed by atoms with E-state index in [1.807, 2.05) is 18.2 Å². The molecule has 2 heteroatoms. The van der Waals surface area contributed by atoms with Gasteiger partial charge in [0.2, 0.25) is 0 Å². The molecule has 0 atom stereocenters. The number of aryl methyl sites for hydroxylation is 1. The van der Waals surface area contributed by atoms with E-state index in [0.717, 1.165) is 18.8 Å². The van der Waals surface area contributed by atoms with Gasteiger partial charge in [0.05, 0.1) is 0 Å². The van der Waals surface area contributed by atoms with Crippen molar-refractivity contribution in [2.24, 2.45) is 0 Å². The monoisotopic (exact) mass is 240 g/mol. The zero-order chi connectivity index (χ0) is 13.0. The van der Waals surface area contributed by atoms with Crippen molar-refractivity contribution in [3.05, 3.63) is 59.7 Å². The second kappa shape index (κ2) is 5.58. The first-order valence-electron chi connectivity index (χ1n) is 6.35. The molecule has 0 spiro atoms. The average molecular weight is 240 g/mol. The van der Waals surface area contributed by atoms with Crippen molar-refractivity contribution in [1.29, 1.82) is 0 Å². The normalized spacial score (nSPS) is 10.3. The van der Waals surface area contributed by atoms with Gasteiger partial charge in [0.1, 0.15) is 0 Å². The smallest absolute Gasteiger partial charge is 0.0429 e. The van der Waals surface area contributed by atoms with E-state index in [0.29, 0.717) is 0 Å². The molecule has 2 nitrogen and oxygen atoms in total. The summed E-state index contributed by atoms with van der Waals surface area (Å²) in [4.78, 5) is 2.32. The van der Waals surface area contributed by atoms with Gasteiger partial charge in [0.25, 0.3) is 0 Å². The Morgan fingerprint density at radius 2 is 1.83 bits per heavy atom. The molecule has 0 aliphatic heterocycles. The van der Waals surface area contributed by atoms with Crippen LogP contribution in [-0.4, -0.2) is 6.54 Å². The Balaban J connectivity index is 2.19. The zero-order valence-corrected chi connectivity index (χ0v) is 11.1. The van der Waals surface area contributed by atoms with Gasteiger partial charge in [-0.2, -0.15) is 0 Å². The van der Waals surface area contributed by atoms with Crippen LogP contribution >= 0.6 is 0 Å². The average Bonchev–Trinajstić information content (AvgIpc) is 2.36. The van der Waals surface area contributed by atoms with E-state index >= 15 is 0 Å². The van der Waals surface area contributed by atoms with Gasteiger partial charge in [0.15, 0.2) is 0 Å². The number of benzene rings is 2. The Morgan fingerprint density at radius 1 is 1.06 bits per heavy atom. The Hall–Kier alpha value is -1.96. The van der Waals surface area contributed by atoms with Gasteiger partial charge in [-0.1, -0.05) is 35.9 Å². The minimum Gasteiger partial charge on any atom is -0.399 e. The summed E-state index contributed by atoms with van der Waals surface area (Å²) in [5, 5.41) is 0. The van der Waals surface area contributed by atoms with Crippen LogP contribution in [0.4, 0.5) is 11.4 Å². The highest BCUT2D eigenvalue weighted by Gasteiger charge is 2.05. The molecule has 0 bridgehead atoms. The molecule has 2 aromatic rings. The zero-order valence-electron chi connectivity index (χ0n) is 11.1. The predicted octanol–water partition coefficient (Wildman–Crippen LogP) is 3.60. The molecule has 94 valence electrons. The number of anilines is 2. The molecule has 0 amide bonds. The number of rotatable bonds is 4. The van der Waals surface area contributed by atoms with Crippen LogP contribution in [0.2, 0.25) is 0 Å². The summed E-state index contributed by atoms with van der Waals surface area (Å²) in [5.74, 6) is 0. The van der Waals surface area contributed by atoms with Gasteiger partial charge in [-0.3, -0.25) is 0 Å². The first kappa shape index (κ1) is 12.5. The molecule has 0 radical (unpaired) electrons. The number of nitrogens with two attached hydrogens (primary N) is 1. The molecule has 2 rings (SSSR count). The molecular weight excluding hydrogens is 220 g/mol. The van der Waals surface area contributed by atoms with E-state index < -0.39 is 0 Å². The molecule has 0 aromatic heterocycles. The maximum absolute atomic E-state index is 5.84. The molecule has 18 heavy (non-hydrogen) atoms. The second-order valence-electron chi connectivity index (χ2n) is 4.60. The van der Waals surface area contributed by atoms with Gasteiger partial charge < -0.3 is 10.6 Å². The highest BCUT2D eigenvalue weighted by Crippen LogP contribution is 2.19. The Bertz CT molecular complexity index is 520. The third kappa shape index (κ3) is 3.04. The van der Waals surface area contributed by atoms with Gasteiger partial charge in [0, 0.05) is 24.5 Å². The Labute approximate surface area is 109 Å². The van der Waals surface area contributed by atoms with E-state index in [2.05, 4.69) is 49.1 Å². The Kier molecular flexibility index (Phi) is 3.88. The van der Waals surface area contributed by atoms with E-state index in [9.17, 15) is 0 Å². The Morgan fingerprint density at radius 3 is 2.50 bits per heavy atom. The quantitative estimate of drug-likeness (QED) is 0.827. The predicted molar refractivity (Wildman–Crippen MR) is 78.8 cm³/mol. The molecule has 0 aliphatic carbocycles. The van der Waals surface area contributed by atoms with Crippen LogP contribution in [0.1, 0.15) is 18.1 Å². The van der Waals surface area contributed by atoms with Gasteiger partial charge in [-0.15, -0.1) is 0 Å². The topological polar surface area (TPSA) is 29.3 Å². The van der Waals surface area contributed by atoms with Gasteiger partial charge in [-0.05, 0) is 37.6 Å². The minimum atomic E-state index is 0.815. The van der Waals surface area contributed by atoms with E-state index in [-0.39, 0.29) is 0 Å². The molecule has 0 saturated heterocycles. The number of nitrogen functional groups attached to an aromatic ring is 1. The van der Waals surface area contributed by atoms with Crippen LogP contribution < -0.4 is 10.6 Å². The third-order valence-electron chi connectivity index (χ3n) is 3.07. The van der Waals surface area contributed by atoms with E-state index in [1.165, 1.54) is 16.8 Å². The van der Waals surface area contributed by atoms with Crippen molar-refractivity contribution in [2.45, 2.75) is 20.4 Å². The van der Waals surface area contributed by atoms with Crippen molar-refractivity contribution < 1.29 is 0 Å². The van der Waals surface area contributed by atoms with E-state index in [4.69, 9.17) is 5.73 Å². The molecule has 0 fully saturated rings. The lowest BCUT2D eigenvalue weighted by molar-refractivity contribution is 0.831. The van der Waals surface area contributed by atoms with Crippen LogP contribution in [0.25, 0.3) is 0 Å². The van der Waals surface area contributed by atoms with Crippen molar-refractivity contribution in [2.75, 3.05) is 17.2 Å². The summed E-state index contributed by atoms with van der Waals surface area (Å²) in [5.41, 5.74) is 10.5.